The molecule has 1 atom stereocenters. The van der Waals surface area contributed by atoms with E-state index in [4.69, 9.17) is 0 Å². The third kappa shape index (κ3) is 2.58. The number of aryl methyl sites for hydroxylation is 1. The van der Waals surface area contributed by atoms with Gasteiger partial charge in [-0.1, -0.05) is 26.0 Å². The molecule has 4 nitrogen and oxygen atoms in total. The van der Waals surface area contributed by atoms with E-state index in [0.717, 1.165) is 5.56 Å². The van der Waals surface area contributed by atoms with Gasteiger partial charge in [-0.05, 0) is 24.0 Å². The van der Waals surface area contributed by atoms with Gasteiger partial charge in [0, 0.05) is 5.56 Å². The molecule has 0 fully saturated rings. The quantitative estimate of drug-likeness (QED) is 0.791. The minimum atomic E-state index is -1.45. The maximum absolute atomic E-state index is 11.4. The van der Waals surface area contributed by atoms with Crippen LogP contribution < -0.4 is 0 Å². The van der Waals surface area contributed by atoms with E-state index in [2.05, 4.69) is 4.74 Å². The summed E-state index contributed by atoms with van der Waals surface area (Å²) in [4.78, 5) is 11.4. The Morgan fingerprint density at radius 2 is 1.94 bits per heavy atom. The van der Waals surface area contributed by atoms with Gasteiger partial charge in [0.15, 0.2) is 6.10 Å². The summed E-state index contributed by atoms with van der Waals surface area (Å²) in [6.45, 7) is 5.57. The van der Waals surface area contributed by atoms with E-state index in [1.54, 1.807) is 19.1 Å². The van der Waals surface area contributed by atoms with Crippen LogP contribution in [-0.4, -0.2) is 23.3 Å². The molecule has 94 valence electrons. The summed E-state index contributed by atoms with van der Waals surface area (Å²) in [5.41, 5.74) is 1.60. The van der Waals surface area contributed by atoms with Gasteiger partial charge >= 0.3 is 5.97 Å². The Labute approximate surface area is 101 Å². The van der Waals surface area contributed by atoms with Crippen molar-refractivity contribution in [2.75, 3.05) is 7.11 Å². The lowest BCUT2D eigenvalue weighted by Crippen LogP contribution is -2.16. The Morgan fingerprint density at radius 3 is 2.41 bits per heavy atom. The molecule has 0 saturated heterocycles. The first-order chi connectivity index (χ1) is 7.90. The average Bonchev–Trinajstić information content (AvgIpc) is 2.30. The van der Waals surface area contributed by atoms with E-state index in [9.17, 15) is 15.0 Å². The Balaban J connectivity index is 3.37. The van der Waals surface area contributed by atoms with Crippen molar-refractivity contribution in [2.45, 2.75) is 32.8 Å². The number of phenols is 1. The monoisotopic (exact) mass is 238 g/mol. The summed E-state index contributed by atoms with van der Waals surface area (Å²) in [5.74, 6) is -0.724. The second-order valence-electron chi connectivity index (χ2n) is 4.31. The number of methoxy groups -OCH3 is 1. The summed E-state index contributed by atoms with van der Waals surface area (Å²) >= 11 is 0. The van der Waals surface area contributed by atoms with E-state index in [1.165, 1.54) is 7.11 Å². The number of rotatable bonds is 3. The molecule has 1 aromatic carbocycles. The number of aliphatic hydroxyl groups excluding tert-OH is 1. The number of esters is 1. The van der Waals surface area contributed by atoms with Gasteiger partial charge in [-0.2, -0.15) is 0 Å². The number of aliphatic hydroxyl groups is 1. The van der Waals surface area contributed by atoms with Gasteiger partial charge in [0.1, 0.15) is 5.75 Å². The summed E-state index contributed by atoms with van der Waals surface area (Å²) < 4.78 is 4.50. The first-order valence-corrected chi connectivity index (χ1v) is 5.48. The van der Waals surface area contributed by atoms with Crippen LogP contribution in [0.2, 0.25) is 0 Å². The Hall–Kier alpha value is -1.55. The Morgan fingerprint density at radius 1 is 1.35 bits per heavy atom. The van der Waals surface area contributed by atoms with E-state index in [1.807, 2.05) is 13.8 Å². The van der Waals surface area contributed by atoms with Crippen molar-refractivity contribution >= 4 is 5.97 Å². The molecular formula is C13H18O4. The van der Waals surface area contributed by atoms with Crippen molar-refractivity contribution in [3.05, 3.63) is 28.8 Å². The van der Waals surface area contributed by atoms with Crippen molar-refractivity contribution in [1.82, 2.24) is 0 Å². The topological polar surface area (TPSA) is 66.8 Å². The molecule has 0 radical (unpaired) electrons. The van der Waals surface area contributed by atoms with Crippen molar-refractivity contribution in [2.24, 2.45) is 0 Å². The Bertz CT molecular complexity index is 424. The molecule has 1 rings (SSSR count). The van der Waals surface area contributed by atoms with Crippen molar-refractivity contribution in [3.63, 3.8) is 0 Å². The van der Waals surface area contributed by atoms with Crippen molar-refractivity contribution in [3.8, 4) is 5.75 Å². The molecule has 17 heavy (non-hydrogen) atoms. The molecule has 0 bridgehead atoms. The number of aromatic hydroxyl groups is 1. The maximum atomic E-state index is 11.4. The molecule has 4 heteroatoms. The van der Waals surface area contributed by atoms with Gasteiger partial charge in [0.05, 0.1) is 7.11 Å². The average molecular weight is 238 g/mol. The van der Waals surface area contributed by atoms with Gasteiger partial charge in [-0.3, -0.25) is 0 Å². The molecule has 0 saturated carbocycles. The number of phenolic OH excluding ortho intramolecular Hbond substituents is 1. The smallest absolute Gasteiger partial charge is 0.339 e. The summed E-state index contributed by atoms with van der Waals surface area (Å²) in [6.07, 6.45) is -1.45. The molecule has 0 aliphatic carbocycles. The van der Waals surface area contributed by atoms with Crippen LogP contribution in [0.15, 0.2) is 12.1 Å². The lowest BCUT2D eigenvalue weighted by atomic mass is 9.91. The van der Waals surface area contributed by atoms with Crippen LogP contribution >= 0.6 is 0 Å². The second-order valence-corrected chi connectivity index (χ2v) is 4.31. The predicted octanol–water partition coefficient (Wildman–Crippen LogP) is 2.03. The predicted molar refractivity (Wildman–Crippen MR) is 63.9 cm³/mol. The molecular weight excluding hydrogens is 220 g/mol. The van der Waals surface area contributed by atoms with Crippen LogP contribution in [-0.2, 0) is 9.53 Å². The van der Waals surface area contributed by atoms with Crippen LogP contribution in [0.25, 0.3) is 0 Å². The molecule has 0 aromatic heterocycles. The number of carbonyl (C=O) groups is 1. The Kier molecular flexibility index (Phi) is 4.12. The third-order valence-electron chi connectivity index (χ3n) is 2.77. The van der Waals surface area contributed by atoms with Crippen LogP contribution in [0, 0.1) is 6.92 Å². The fourth-order valence-corrected chi connectivity index (χ4v) is 1.75. The highest BCUT2D eigenvalue weighted by atomic mass is 16.5. The zero-order chi connectivity index (χ0) is 13.2. The SMILES string of the molecule is COC(=O)C(O)c1c(C(C)C)ccc(C)c1O. The van der Waals surface area contributed by atoms with Gasteiger partial charge in [-0.15, -0.1) is 0 Å². The summed E-state index contributed by atoms with van der Waals surface area (Å²) in [6, 6.07) is 3.57. The number of hydrogen-bond donors (Lipinski definition) is 2. The summed E-state index contributed by atoms with van der Waals surface area (Å²) in [7, 11) is 1.20. The summed E-state index contributed by atoms with van der Waals surface area (Å²) in [5, 5.41) is 19.9. The van der Waals surface area contributed by atoms with Crippen LogP contribution in [0.4, 0.5) is 0 Å². The molecule has 0 spiro atoms. The van der Waals surface area contributed by atoms with E-state index in [-0.39, 0.29) is 17.2 Å². The van der Waals surface area contributed by atoms with Gasteiger partial charge in [0.2, 0.25) is 0 Å². The number of benzene rings is 1. The zero-order valence-electron chi connectivity index (χ0n) is 10.5. The van der Waals surface area contributed by atoms with Crippen molar-refractivity contribution < 1.29 is 19.7 Å². The molecule has 0 aliphatic rings. The fraction of sp³-hybridized carbons (Fsp3) is 0.462. The first kappa shape index (κ1) is 13.5. The van der Waals surface area contributed by atoms with E-state index >= 15 is 0 Å². The van der Waals surface area contributed by atoms with Crippen LogP contribution in [0.3, 0.4) is 0 Å². The number of carbonyl (C=O) groups excluding carboxylic acids is 1. The lowest BCUT2D eigenvalue weighted by molar-refractivity contribution is -0.150. The van der Waals surface area contributed by atoms with Crippen LogP contribution in [0.1, 0.15) is 42.6 Å². The highest BCUT2D eigenvalue weighted by Gasteiger charge is 2.26. The van der Waals surface area contributed by atoms with Crippen molar-refractivity contribution in [1.29, 1.82) is 0 Å². The van der Waals surface area contributed by atoms with Gasteiger partial charge < -0.3 is 14.9 Å². The van der Waals surface area contributed by atoms with Crippen LogP contribution in [0.5, 0.6) is 5.75 Å². The zero-order valence-corrected chi connectivity index (χ0v) is 10.5. The largest absolute Gasteiger partial charge is 0.507 e. The lowest BCUT2D eigenvalue weighted by Gasteiger charge is -2.19. The minimum absolute atomic E-state index is 0.0471. The highest BCUT2D eigenvalue weighted by molar-refractivity contribution is 5.78. The van der Waals surface area contributed by atoms with E-state index in [0.29, 0.717) is 5.56 Å². The fourth-order valence-electron chi connectivity index (χ4n) is 1.75. The molecule has 0 aliphatic heterocycles. The van der Waals surface area contributed by atoms with Gasteiger partial charge in [0.25, 0.3) is 0 Å². The number of ether oxygens (including phenoxy) is 1. The minimum Gasteiger partial charge on any atom is -0.507 e. The molecule has 2 N–H and O–H groups in total. The van der Waals surface area contributed by atoms with Gasteiger partial charge in [-0.25, -0.2) is 4.79 Å². The molecule has 0 heterocycles. The molecule has 1 unspecified atom stereocenters. The maximum Gasteiger partial charge on any atom is 0.339 e. The first-order valence-electron chi connectivity index (χ1n) is 5.48. The molecule has 0 amide bonds. The molecule has 1 aromatic rings. The highest BCUT2D eigenvalue weighted by Crippen LogP contribution is 2.35. The normalized spacial score (nSPS) is 12.6. The third-order valence-corrected chi connectivity index (χ3v) is 2.77. The van der Waals surface area contributed by atoms with E-state index < -0.39 is 12.1 Å². The standard InChI is InChI=1S/C13H18O4/c1-7(2)9-6-5-8(3)11(14)10(9)12(15)13(16)17-4/h5-7,12,14-15H,1-4H3. The second kappa shape index (κ2) is 5.19. The number of hydrogen-bond acceptors (Lipinski definition) is 4.